The smallest absolute Gasteiger partial charge is 0.222 e. The zero-order valence-electron chi connectivity index (χ0n) is 12.0. The van der Waals surface area contributed by atoms with Crippen LogP contribution in [0, 0.1) is 12.7 Å². The fourth-order valence-corrected chi connectivity index (χ4v) is 2.49. The Hall–Kier alpha value is -2.01. The van der Waals surface area contributed by atoms with E-state index in [0.29, 0.717) is 17.5 Å². The van der Waals surface area contributed by atoms with Gasteiger partial charge in [0.2, 0.25) is 5.88 Å². The molecule has 3 rings (SSSR count). The van der Waals surface area contributed by atoms with E-state index >= 15 is 0 Å². The maximum Gasteiger partial charge on any atom is 0.222 e. The van der Waals surface area contributed by atoms with Gasteiger partial charge in [-0.05, 0) is 50.6 Å². The molecule has 1 atom stereocenters. The predicted molar refractivity (Wildman–Crippen MR) is 78.1 cm³/mol. The molecule has 0 saturated carbocycles. The molecule has 0 radical (unpaired) electrons. The van der Waals surface area contributed by atoms with Crippen molar-refractivity contribution in [2.75, 3.05) is 13.1 Å². The predicted octanol–water partition coefficient (Wildman–Crippen LogP) is 3.18. The van der Waals surface area contributed by atoms with Crippen LogP contribution in [-0.4, -0.2) is 23.1 Å². The summed E-state index contributed by atoms with van der Waals surface area (Å²) in [6.07, 6.45) is 2.22. The Bertz CT molecular complexity index is 609. The van der Waals surface area contributed by atoms with Crippen LogP contribution in [0.3, 0.4) is 0 Å². The number of nitrogens with zero attached hydrogens (tertiary/aromatic N) is 2. The second-order valence-corrected chi connectivity index (χ2v) is 5.31. The monoisotopic (exact) mass is 287 g/mol. The molecule has 1 saturated heterocycles. The average molecular weight is 287 g/mol. The number of nitrogens with one attached hydrogen (secondary N) is 1. The third-order valence-corrected chi connectivity index (χ3v) is 3.55. The number of piperidine rings is 1. The zero-order valence-corrected chi connectivity index (χ0v) is 12.0. The zero-order chi connectivity index (χ0) is 14.7. The lowest BCUT2D eigenvalue weighted by atomic mass is 9.99. The molecule has 1 fully saturated rings. The first-order valence-corrected chi connectivity index (χ1v) is 7.20. The number of hydrogen-bond donors (Lipinski definition) is 1. The Morgan fingerprint density at radius 2 is 2.05 bits per heavy atom. The van der Waals surface area contributed by atoms with Crippen LogP contribution in [0.4, 0.5) is 4.39 Å². The fraction of sp³-hybridized carbons (Fsp3) is 0.375. The van der Waals surface area contributed by atoms with Crippen LogP contribution in [0.1, 0.15) is 30.3 Å². The molecule has 1 aliphatic rings. The molecule has 2 heterocycles. The molecule has 5 heteroatoms. The number of ether oxygens (including phenoxy) is 1. The number of aromatic nitrogens is 2. The first-order valence-electron chi connectivity index (χ1n) is 7.20. The number of hydrogen-bond acceptors (Lipinski definition) is 4. The fourth-order valence-electron chi connectivity index (χ4n) is 2.49. The standard InChI is InChI=1S/C16H18FN3O/c1-11-9-15(21-14-6-4-13(17)5-7-14)20-16(19-11)12-3-2-8-18-10-12/h4-7,9,12,18H,2-3,8,10H2,1H3. The van der Waals surface area contributed by atoms with Gasteiger partial charge in [-0.25, -0.2) is 9.37 Å². The van der Waals surface area contributed by atoms with E-state index in [-0.39, 0.29) is 5.82 Å². The minimum absolute atomic E-state index is 0.282. The van der Waals surface area contributed by atoms with Crippen LogP contribution in [0.25, 0.3) is 0 Å². The number of halogens is 1. The minimum atomic E-state index is -0.282. The van der Waals surface area contributed by atoms with Crippen molar-refractivity contribution in [2.24, 2.45) is 0 Å². The largest absolute Gasteiger partial charge is 0.439 e. The van der Waals surface area contributed by atoms with Crippen molar-refractivity contribution in [1.29, 1.82) is 0 Å². The topological polar surface area (TPSA) is 47.0 Å². The van der Waals surface area contributed by atoms with Gasteiger partial charge < -0.3 is 10.1 Å². The number of aryl methyl sites for hydroxylation is 1. The van der Waals surface area contributed by atoms with Gasteiger partial charge >= 0.3 is 0 Å². The highest BCUT2D eigenvalue weighted by atomic mass is 19.1. The maximum atomic E-state index is 12.9. The Morgan fingerprint density at radius 1 is 1.24 bits per heavy atom. The highest BCUT2D eigenvalue weighted by Gasteiger charge is 2.19. The molecule has 1 aromatic carbocycles. The maximum absolute atomic E-state index is 12.9. The summed E-state index contributed by atoms with van der Waals surface area (Å²) in [5.74, 6) is 1.95. The summed E-state index contributed by atoms with van der Waals surface area (Å²) in [6, 6.07) is 7.72. The van der Waals surface area contributed by atoms with Gasteiger partial charge in [0, 0.05) is 24.2 Å². The number of benzene rings is 1. The van der Waals surface area contributed by atoms with Gasteiger partial charge in [-0.3, -0.25) is 0 Å². The molecule has 1 N–H and O–H groups in total. The van der Waals surface area contributed by atoms with Gasteiger partial charge in [0.25, 0.3) is 0 Å². The van der Waals surface area contributed by atoms with Gasteiger partial charge in [-0.1, -0.05) is 0 Å². The molecule has 0 spiro atoms. The molecule has 2 aromatic rings. The SMILES string of the molecule is Cc1cc(Oc2ccc(F)cc2)nc(C2CCCNC2)n1. The van der Waals surface area contributed by atoms with E-state index in [1.807, 2.05) is 6.92 Å². The lowest BCUT2D eigenvalue weighted by Gasteiger charge is -2.22. The second-order valence-electron chi connectivity index (χ2n) is 5.31. The molecule has 0 aliphatic carbocycles. The van der Waals surface area contributed by atoms with Crippen LogP contribution >= 0.6 is 0 Å². The summed E-state index contributed by atoms with van der Waals surface area (Å²) in [5, 5.41) is 3.37. The molecular weight excluding hydrogens is 269 g/mol. The third kappa shape index (κ3) is 3.55. The van der Waals surface area contributed by atoms with E-state index in [9.17, 15) is 4.39 Å². The normalized spacial score (nSPS) is 18.5. The van der Waals surface area contributed by atoms with Gasteiger partial charge in [0.05, 0.1) is 0 Å². The third-order valence-electron chi connectivity index (χ3n) is 3.55. The van der Waals surface area contributed by atoms with E-state index < -0.39 is 0 Å². The quantitative estimate of drug-likeness (QED) is 0.942. The molecule has 1 aliphatic heterocycles. The van der Waals surface area contributed by atoms with Crippen LogP contribution in [0.15, 0.2) is 30.3 Å². The summed E-state index contributed by atoms with van der Waals surface area (Å²) in [5.41, 5.74) is 0.877. The second kappa shape index (κ2) is 6.18. The molecule has 110 valence electrons. The van der Waals surface area contributed by atoms with E-state index in [2.05, 4.69) is 15.3 Å². The van der Waals surface area contributed by atoms with Crippen molar-refractivity contribution in [3.63, 3.8) is 0 Å². The van der Waals surface area contributed by atoms with Gasteiger partial charge in [-0.2, -0.15) is 4.98 Å². The highest BCUT2D eigenvalue weighted by molar-refractivity contribution is 5.28. The minimum Gasteiger partial charge on any atom is -0.439 e. The van der Waals surface area contributed by atoms with E-state index in [1.165, 1.54) is 12.1 Å². The molecular formula is C16H18FN3O. The van der Waals surface area contributed by atoms with E-state index in [4.69, 9.17) is 4.74 Å². The molecule has 1 unspecified atom stereocenters. The summed E-state index contributed by atoms with van der Waals surface area (Å²) in [4.78, 5) is 9.03. The Balaban J connectivity index is 1.81. The van der Waals surface area contributed by atoms with E-state index in [0.717, 1.165) is 37.4 Å². The average Bonchev–Trinajstić information content (AvgIpc) is 2.50. The Labute approximate surface area is 123 Å². The molecule has 1 aromatic heterocycles. The van der Waals surface area contributed by atoms with Crippen LogP contribution < -0.4 is 10.1 Å². The van der Waals surface area contributed by atoms with Crippen molar-refractivity contribution in [3.05, 3.63) is 47.7 Å². The van der Waals surface area contributed by atoms with Crippen LogP contribution in [0.2, 0.25) is 0 Å². The van der Waals surface area contributed by atoms with Crippen molar-refractivity contribution in [1.82, 2.24) is 15.3 Å². The lowest BCUT2D eigenvalue weighted by molar-refractivity contribution is 0.425. The summed E-state index contributed by atoms with van der Waals surface area (Å²) in [6.45, 7) is 3.89. The van der Waals surface area contributed by atoms with Crippen molar-refractivity contribution in [2.45, 2.75) is 25.7 Å². The Kier molecular flexibility index (Phi) is 4.10. The summed E-state index contributed by atoms with van der Waals surface area (Å²) < 4.78 is 18.6. The molecule has 21 heavy (non-hydrogen) atoms. The first kappa shape index (κ1) is 13.9. The number of rotatable bonds is 3. The van der Waals surface area contributed by atoms with Crippen LogP contribution in [-0.2, 0) is 0 Å². The lowest BCUT2D eigenvalue weighted by Crippen LogP contribution is -2.29. The van der Waals surface area contributed by atoms with Gasteiger partial charge in [0.1, 0.15) is 17.4 Å². The Morgan fingerprint density at radius 3 is 2.76 bits per heavy atom. The molecule has 0 amide bonds. The van der Waals surface area contributed by atoms with Crippen molar-refractivity contribution >= 4 is 0 Å². The molecule has 4 nitrogen and oxygen atoms in total. The first-order chi connectivity index (χ1) is 10.2. The van der Waals surface area contributed by atoms with Crippen molar-refractivity contribution < 1.29 is 9.13 Å². The van der Waals surface area contributed by atoms with Crippen molar-refractivity contribution in [3.8, 4) is 11.6 Å². The van der Waals surface area contributed by atoms with E-state index in [1.54, 1.807) is 18.2 Å². The summed E-state index contributed by atoms with van der Waals surface area (Å²) in [7, 11) is 0. The van der Waals surface area contributed by atoms with Gasteiger partial charge in [-0.15, -0.1) is 0 Å². The van der Waals surface area contributed by atoms with Gasteiger partial charge in [0.15, 0.2) is 0 Å². The molecule has 0 bridgehead atoms. The van der Waals surface area contributed by atoms with Crippen LogP contribution in [0.5, 0.6) is 11.6 Å². The highest BCUT2D eigenvalue weighted by Crippen LogP contribution is 2.25. The summed E-state index contributed by atoms with van der Waals surface area (Å²) >= 11 is 0.